The number of anilines is 1. The fourth-order valence-corrected chi connectivity index (χ4v) is 2.63. The largest absolute Gasteiger partial charge is 0.493 e. The number of nitrogens with one attached hydrogen (secondary N) is 1. The number of hydrogen-bond acceptors (Lipinski definition) is 4. The summed E-state index contributed by atoms with van der Waals surface area (Å²) in [5.41, 5.74) is 0.757. The van der Waals surface area contributed by atoms with E-state index in [-0.39, 0.29) is 5.75 Å². The highest BCUT2D eigenvalue weighted by Crippen LogP contribution is 2.32. The van der Waals surface area contributed by atoms with Gasteiger partial charge >= 0.3 is 6.61 Å². The summed E-state index contributed by atoms with van der Waals surface area (Å²) in [6.07, 6.45) is 4.33. The quantitative estimate of drug-likeness (QED) is 0.870. The number of rotatable bonds is 6. The Morgan fingerprint density at radius 3 is 2.38 bits per heavy atom. The van der Waals surface area contributed by atoms with E-state index >= 15 is 0 Å². The molecule has 1 N–H and O–H groups in total. The molecule has 1 aromatic carbocycles. The molecule has 1 aromatic rings. The molecule has 118 valence electrons. The maximum absolute atomic E-state index is 12.4. The van der Waals surface area contributed by atoms with E-state index in [1.54, 1.807) is 25.3 Å². The van der Waals surface area contributed by atoms with E-state index in [1.165, 1.54) is 7.11 Å². The van der Waals surface area contributed by atoms with Crippen molar-refractivity contribution in [1.82, 2.24) is 0 Å². The summed E-state index contributed by atoms with van der Waals surface area (Å²) in [6.45, 7) is -2.87. The van der Waals surface area contributed by atoms with Crippen LogP contribution in [0.2, 0.25) is 0 Å². The maximum atomic E-state index is 12.4. The van der Waals surface area contributed by atoms with Gasteiger partial charge in [0, 0.05) is 24.9 Å². The van der Waals surface area contributed by atoms with Crippen molar-refractivity contribution in [3.8, 4) is 11.5 Å². The average Bonchev–Trinajstić information content (AvgIpc) is 2.48. The van der Waals surface area contributed by atoms with Crippen LogP contribution < -0.4 is 14.8 Å². The summed E-state index contributed by atoms with van der Waals surface area (Å²) in [7, 11) is 3.16. The van der Waals surface area contributed by atoms with Crippen LogP contribution in [-0.4, -0.2) is 33.0 Å². The Morgan fingerprint density at radius 2 is 1.81 bits per heavy atom. The summed E-state index contributed by atoms with van der Waals surface area (Å²) >= 11 is 0. The third kappa shape index (κ3) is 4.46. The molecule has 1 saturated carbocycles. The Hall–Kier alpha value is -1.56. The molecule has 1 aliphatic carbocycles. The van der Waals surface area contributed by atoms with E-state index in [0.717, 1.165) is 31.4 Å². The minimum absolute atomic E-state index is 0.0445. The first kappa shape index (κ1) is 15.8. The lowest BCUT2D eigenvalue weighted by atomic mass is 9.93. The van der Waals surface area contributed by atoms with Gasteiger partial charge in [0.15, 0.2) is 11.5 Å². The van der Waals surface area contributed by atoms with E-state index in [4.69, 9.17) is 9.47 Å². The highest BCUT2D eigenvalue weighted by Gasteiger charge is 2.21. The Labute approximate surface area is 123 Å². The Kier molecular flexibility index (Phi) is 5.61. The van der Waals surface area contributed by atoms with E-state index in [1.807, 2.05) is 0 Å². The number of alkyl halides is 2. The lowest BCUT2D eigenvalue weighted by Crippen LogP contribution is -2.29. The summed E-state index contributed by atoms with van der Waals surface area (Å²) in [6, 6.07) is 5.30. The van der Waals surface area contributed by atoms with Gasteiger partial charge in [0.1, 0.15) is 0 Å². The van der Waals surface area contributed by atoms with Crippen molar-refractivity contribution in [2.75, 3.05) is 19.5 Å². The van der Waals surface area contributed by atoms with Crippen LogP contribution in [0.25, 0.3) is 0 Å². The molecule has 0 aliphatic heterocycles. The van der Waals surface area contributed by atoms with Crippen molar-refractivity contribution in [1.29, 1.82) is 0 Å². The second-order valence-corrected chi connectivity index (χ2v) is 5.10. The molecule has 21 heavy (non-hydrogen) atoms. The molecule has 0 radical (unpaired) electrons. The third-order valence-electron chi connectivity index (χ3n) is 3.76. The van der Waals surface area contributed by atoms with Crippen molar-refractivity contribution in [3.05, 3.63) is 18.2 Å². The average molecular weight is 301 g/mol. The van der Waals surface area contributed by atoms with Crippen LogP contribution in [-0.2, 0) is 4.74 Å². The molecule has 0 aromatic heterocycles. The van der Waals surface area contributed by atoms with Gasteiger partial charge in [-0.15, -0.1) is 0 Å². The third-order valence-corrected chi connectivity index (χ3v) is 3.76. The number of halogens is 2. The Morgan fingerprint density at radius 1 is 1.10 bits per heavy atom. The topological polar surface area (TPSA) is 39.7 Å². The maximum Gasteiger partial charge on any atom is 0.387 e. The standard InChI is InChI=1S/C15H21F2NO3/c1-19-12-6-3-10(4-7-12)18-11-5-8-13(20-2)14(9-11)21-15(16)17/h5,8-10,12,15,18H,3-4,6-7H2,1-2H3. The van der Waals surface area contributed by atoms with Gasteiger partial charge in [-0.3, -0.25) is 0 Å². The number of methoxy groups -OCH3 is 2. The fraction of sp³-hybridized carbons (Fsp3) is 0.600. The van der Waals surface area contributed by atoms with Crippen LogP contribution >= 0.6 is 0 Å². The van der Waals surface area contributed by atoms with Crippen molar-refractivity contribution >= 4 is 5.69 Å². The summed E-state index contributed by atoms with van der Waals surface area (Å²) in [5, 5.41) is 3.35. The van der Waals surface area contributed by atoms with Crippen molar-refractivity contribution in [3.63, 3.8) is 0 Å². The van der Waals surface area contributed by atoms with Gasteiger partial charge in [-0.2, -0.15) is 8.78 Å². The molecule has 0 amide bonds. The molecule has 0 spiro atoms. The normalized spacial score (nSPS) is 22.1. The first-order valence-corrected chi connectivity index (χ1v) is 7.04. The summed E-state index contributed by atoms with van der Waals surface area (Å²) < 4.78 is 39.6. The molecular weight excluding hydrogens is 280 g/mol. The molecular formula is C15H21F2NO3. The van der Waals surface area contributed by atoms with E-state index in [2.05, 4.69) is 10.1 Å². The molecule has 6 heteroatoms. The zero-order valence-electron chi connectivity index (χ0n) is 12.3. The van der Waals surface area contributed by atoms with Gasteiger partial charge in [-0.25, -0.2) is 0 Å². The molecule has 1 fully saturated rings. The number of hydrogen-bond donors (Lipinski definition) is 1. The highest BCUT2D eigenvalue weighted by atomic mass is 19.3. The number of ether oxygens (including phenoxy) is 3. The molecule has 0 bridgehead atoms. The van der Waals surface area contributed by atoms with Crippen LogP contribution in [0.1, 0.15) is 25.7 Å². The van der Waals surface area contributed by atoms with Gasteiger partial charge in [-0.1, -0.05) is 0 Å². The van der Waals surface area contributed by atoms with Crippen molar-refractivity contribution in [2.24, 2.45) is 0 Å². The smallest absolute Gasteiger partial charge is 0.387 e. The zero-order chi connectivity index (χ0) is 15.2. The fourth-order valence-electron chi connectivity index (χ4n) is 2.63. The van der Waals surface area contributed by atoms with E-state index < -0.39 is 6.61 Å². The summed E-state index contributed by atoms with van der Waals surface area (Å²) in [4.78, 5) is 0. The van der Waals surface area contributed by atoms with Crippen LogP contribution in [0.15, 0.2) is 18.2 Å². The molecule has 0 saturated heterocycles. The first-order valence-electron chi connectivity index (χ1n) is 7.04. The molecule has 0 unspecified atom stereocenters. The van der Waals surface area contributed by atoms with Gasteiger partial charge in [0.05, 0.1) is 13.2 Å². The molecule has 4 nitrogen and oxygen atoms in total. The van der Waals surface area contributed by atoms with Gasteiger partial charge < -0.3 is 19.5 Å². The predicted molar refractivity (Wildman–Crippen MR) is 76.3 cm³/mol. The van der Waals surface area contributed by atoms with Gasteiger partial charge in [0.25, 0.3) is 0 Å². The lowest BCUT2D eigenvalue weighted by Gasteiger charge is -2.29. The minimum atomic E-state index is -2.87. The lowest BCUT2D eigenvalue weighted by molar-refractivity contribution is -0.0511. The zero-order valence-corrected chi connectivity index (χ0v) is 12.3. The molecule has 1 aliphatic rings. The van der Waals surface area contributed by atoms with Crippen LogP contribution in [0, 0.1) is 0 Å². The second kappa shape index (κ2) is 7.45. The van der Waals surface area contributed by atoms with Gasteiger partial charge in [-0.05, 0) is 37.8 Å². The SMILES string of the molecule is COc1ccc(NC2CCC(OC)CC2)cc1OC(F)F. The molecule has 0 atom stereocenters. The van der Waals surface area contributed by atoms with Crippen LogP contribution in [0.4, 0.5) is 14.5 Å². The van der Waals surface area contributed by atoms with E-state index in [0.29, 0.717) is 17.9 Å². The van der Waals surface area contributed by atoms with Crippen LogP contribution in [0.5, 0.6) is 11.5 Å². The summed E-state index contributed by atoms with van der Waals surface area (Å²) in [5.74, 6) is 0.340. The predicted octanol–water partition coefficient (Wildman–Crippen LogP) is 3.67. The Balaban J connectivity index is 2.00. The van der Waals surface area contributed by atoms with Gasteiger partial charge in [0.2, 0.25) is 0 Å². The second-order valence-electron chi connectivity index (χ2n) is 5.10. The monoisotopic (exact) mass is 301 g/mol. The first-order chi connectivity index (χ1) is 10.1. The van der Waals surface area contributed by atoms with Crippen molar-refractivity contribution in [2.45, 2.75) is 44.4 Å². The highest BCUT2D eigenvalue weighted by molar-refractivity contribution is 5.55. The van der Waals surface area contributed by atoms with Crippen LogP contribution in [0.3, 0.4) is 0 Å². The van der Waals surface area contributed by atoms with E-state index in [9.17, 15) is 8.78 Å². The Bertz CT molecular complexity index is 449. The van der Waals surface area contributed by atoms with Crippen molar-refractivity contribution < 1.29 is 23.0 Å². The number of benzene rings is 1. The molecule has 2 rings (SSSR count). The minimum Gasteiger partial charge on any atom is -0.493 e. The molecule has 0 heterocycles.